The molecule has 0 N–H and O–H groups in total. The predicted octanol–water partition coefficient (Wildman–Crippen LogP) is 11.4. The van der Waals surface area contributed by atoms with E-state index in [0.29, 0.717) is 11.7 Å². The first kappa shape index (κ1) is 26.9. The van der Waals surface area contributed by atoms with E-state index in [-0.39, 0.29) is 0 Å². The molecule has 0 atom stereocenters. The summed E-state index contributed by atoms with van der Waals surface area (Å²) in [6.45, 7) is 0. The fourth-order valence-corrected chi connectivity index (χ4v) is 8.52. The number of nitrogens with zero attached hydrogens (tertiary/aromatic N) is 5. The van der Waals surface area contributed by atoms with Crippen molar-refractivity contribution in [3.63, 3.8) is 0 Å². The van der Waals surface area contributed by atoms with E-state index in [1.165, 1.54) is 43.4 Å². The van der Waals surface area contributed by atoms with Crippen LogP contribution in [-0.4, -0.2) is 23.1 Å². The zero-order valence-corrected chi connectivity index (χ0v) is 27.2. The van der Waals surface area contributed by atoms with Gasteiger partial charge in [0.05, 0.1) is 44.1 Å². The van der Waals surface area contributed by atoms with Crippen molar-refractivity contribution in [2.75, 3.05) is 0 Å². The van der Waals surface area contributed by atoms with Crippen molar-refractivity contribution in [3.8, 4) is 17.4 Å². The van der Waals surface area contributed by atoms with Crippen molar-refractivity contribution in [2.45, 2.75) is 0 Å². The second-order valence-corrected chi connectivity index (χ2v) is 13.2. The van der Waals surface area contributed by atoms with Crippen LogP contribution in [0.2, 0.25) is 0 Å². The molecule has 12 rings (SSSR count). The van der Waals surface area contributed by atoms with Gasteiger partial charge in [-0.3, -0.25) is 9.13 Å². The van der Waals surface area contributed by atoms with Gasteiger partial charge in [-0.1, -0.05) is 109 Å². The van der Waals surface area contributed by atoms with Gasteiger partial charge in [-0.15, -0.1) is 0 Å². The molecule has 0 amide bonds. The highest BCUT2D eigenvalue weighted by Gasteiger charge is 2.27. The average molecular weight is 654 g/mol. The number of benzene rings is 7. The molecule has 0 bridgehead atoms. The molecule has 12 aromatic rings. The highest BCUT2D eigenvalue weighted by Crippen LogP contribution is 2.41. The van der Waals surface area contributed by atoms with Gasteiger partial charge in [0.25, 0.3) is 5.88 Å². The normalized spacial score (nSPS) is 12.3. The van der Waals surface area contributed by atoms with E-state index in [4.69, 9.17) is 9.40 Å². The lowest BCUT2D eigenvalue weighted by Crippen LogP contribution is -2.04. The van der Waals surface area contributed by atoms with Gasteiger partial charge in [0.2, 0.25) is 0 Å². The van der Waals surface area contributed by atoms with Crippen molar-refractivity contribution in [1.29, 1.82) is 0 Å². The number of hydrogen-bond acceptors (Lipinski definition) is 2. The van der Waals surface area contributed by atoms with Crippen molar-refractivity contribution >= 4 is 82.3 Å². The van der Waals surface area contributed by atoms with Crippen LogP contribution in [0, 0.1) is 0 Å². The SMILES string of the molecule is c1ccc2c(c1)c1ccccc1n2-c1ccc2nc3oc(-n4c5ccccc5c5ccccc54)c(-n4c5ccccc5c5ccccc54)n3c2c1. The summed E-state index contributed by atoms with van der Waals surface area (Å²) in [4.78, 5) is 5.14. The summed E-state index contributed by atoms with van der Waals surface area (Å²) in [5.41, 5.74) is 9.59. The highest BCUT2D eigenvalue weighted by molar-refractivity contribution is 6.12. The molecule has 0 unspecified atom stereocenters. The Labute approximate surface area is 290 Å². The third-order valence-electron chi connectivity index (χ3n) is 10.6. The number of aromatic nitrogens is 5. The zero-order chi connectivity index (χ0) is 33.2. The van der Waals surface area contributed by atoms with Crippen LogP contribution >= 0.6 is 0 Å². The van der Waals surface area contributed by atoms with Gasteiger partial charge in [0, 0.05) is 38.0 Å². The lowest BCUT2D eigenvalue weighted by atomic mass is 10.2. The summed E-state index contributed by atoms with van der Waals surface area (Å²) in [6.07, 6.45) is 0. The standard InChI is InChI=1S/C45H27N5O/c1-7-19-36-29(13-1)30-14-2-8-20-37(30)47(36)28-25-26-35-42(27-28)50-43(48-38-21-9-3-15-31(38)32-16-4-10-22-39(32)48)44(51-45(50)46-35)49-40-23-11-5-17-33(40)34-18-6-12-24-41(34)49/h1-27H. The first-order valence-corrected chi connectivity index (χ1v) is 17.2. The molecule has 6 nitrogen and oxygen atoms in total. The van der Waals surface area contributed by atoms with E-state index in [9.17, 15) is 0 Å². The summed E-state index contributed by atoms with van der Waals surface area (Å²) in [7, 11) is 0. The Morgan fingerprint density at radius 1 is 0.373 bits per heavy atom. The van der Waals surface area contributed by atoms with E-state index < -0.39 is 0 Å². The fourth-order valence-electron chi connectivity index (χ4n) is 8.52. The molecule has 0 saturated carbocycles. The Kier molecular flexibility index (Phi) is 5.14. The molecular formula is C45H27N5O. The molecule has 0 spiro atoms. The van der Waals surface area contributed by atoms with Gasteiger partial charge >= 0.3 is 5.84 Å². The topological polar surface area (TPSA) is 45.2 Å². The van der Waals surface area contributed by atoms with Crippen LogP contribution in [0.5, 0.6) is 0 Å². The van der Waals surface area contributed by atoms with E-state index >= 15 is 0 Å². The smallest absolute Gasteiger partial charge is 0.310 e. The van der Waals surface area contributed by atoms with Crippen LogP contribution in [0.15, 0.2) is 168 Å². The summed E-state index contributed by atoms with van der Waals surface area (Å²) in [5, 5.41) is 7.18. The zero-order valence-electron chi connectivity index (χ0n) is 27.2. The van der Waals surface area contributed by atoms with Gasteiger partial charge in [0.1, 0.15) is 0 Å². The van der Waals surface area contributed by atoms with Crippen molar-refractivity contribution in [1.82, 2.24) is 23.1 Å². The maximum atomic E-state index is 7.02. The third-order valence-corrected chi connectivity index (χ3v) is 10.6. The van der Waals surface area contributed by atoms with Crippen LogP contribution in [0.4, 0.5) is 0 Å². The van der Waals surface area contributed by atoms with E-state index in [0.717, 1.165) is 44.6 Å². The van der Waals surface area contributed by atoms with Gasteiger partial charge in [-0.25, -0.2) is 4.40 Å². The van der Waals surface area contributed by atoms with Crippen molar-refractivity contribution in [3.05, 3.63) is 164 Å². The fraction of sp³-hybridized carbons (Fsp3) is 0. The molecule has 7 aromatic carbocycles. The molecular weight excluding hydrogens is 627 g/mol. The number of para-hydroxylation sites is 6. The number of rotatable bonds is 3. The summed E-state index contributed by atoms with van der Waals surface area (Å²) in [5.74, 6) is 2.15. The number of oxazole rings is 1. The number of imidazole rings is 1. The molecule has 0 aliphatic heterocycles. The quantitative estimate of drug-likeness (QED) is 0.190. The monoisotopic (exact) mass is 653 g/mol. The van der Waals surface area contributed by atoms with Gasteiger partial charge in [-0.05, 0) is 54.6 Å². The average Bonchev–Trinajstić information content (AvgIpc) is 3.97. The van der Waals surface area contributed by atoms with Gasteiger partial charge in [-0.2, -0.15) is 4.98 Å². The summed E-state index contributed by atoms with van der Waals surface area (Å²) < 4.78 is 16.2. The molecule has 5 aromatic heterocycles. The van der Waals surface area contributed by atoms with E-state index in [2.05, 4.69) is 182 Å². The predicted molar refractivity (Wildman–Crippen MR) is 208 cm³/mol. The molecule has 0 aliphatic carbocycles. The summed E-state index contributed by atoms with van der Waals surface area (Å²) in [6, 6.07) is 58.2. The summed E-state index contributed by atoms with van der Waals surface area (Å²) >= 11 is 0. The van der Waals surface area contributed by atoms with E-state index in [1.54, 1.807) is 0 Å². The maximum absolute atomic E-state index is 7.02. The van der Waals surface area contributed by atoms with Gasteiger partial charge < -0.3 is 8.98 Å². The second-order valence-electron chi connectivity index (χ2n) is 13.2. The van der Waals surface area contributed by atoms with Crippen LogP contribution in [0.1, 0.15) is 0 Å². The molecule has 0 aliphatic rings. The van der Waals surface area contributed by atoms with Crippen molar-refractivity contribution in [2.24, 2.45) is 0 Å². The van der Waals surface area contributed by atoms with Gasteiger partial charge in [0.15, 0.2) is 5.82 Å². The minimum Gasteiger partial charge on any atom is -0.403 e. The Morgan fingerprint density at radius 3 is 1.22 bits per heavy atom. The molecule has 0 saturated heterocycles. The van der Waals surface area contributed by atoms with Crippen molar-refractivity contribution < 1.29 is 4.42 Å². The number of hydrogen-bond donors (Lipinski definition) is 0. The lowest BCUT2D eigenvalue weighted by molar-refractivity contribution is 0.573. The Bertz CT molecular complexity index is 3220. The van der Waals surface area contributed by atoms with Crippen LogP contribution in [0.3, 0.4) is 0 Å². The molecule has 0 fully saturated rings. The second kappa shape index (κ2) is 9.77. The third kappa shape index (κ3) is 3.48. The Morgan fingerprint density at radius 2 is 0.765 bits per heavy atom. The molecule has 6 heteroatoms. The molecule has 238 valence electrons. The molecule has 5 heterocycles. The minimum atomic E-state index is 0.540. The lowest BCUT2D eigenvalue weighted by Gasteiger charge is -2.12. The number of fused-ring (bicyclic) bond motifs is 12. The van der Waals surface area contributed by atoms with E-state index in [1.807, 2.05) is 0 Å². The first-order chi connectivity index (χ1) is 25.3. The van der Waals surface area contributed by atoms with Crippen LogP contribution < -0.4 is 0 Å². The first-order valence-electron chi connectivity index (χ1n) is 17.2. The Balaban J connectivity index is 1.27. The molecule has 51 heavy (non-hydrogen) atoms. The minimum absolute atomic E-state index is 0.540. The highest BCUT2D eigenvalue weighted by atomic mass is 16.4. The van der Waals surface area contributed by atoms with Crippen LogP contribution in [0.25, 0.3) is 99.7 Å². The molecule has 0 radical (unpaired) electrons. The largest absolute Gasteiger partial charge is 0.403 e. The maximum Gasteiger partial charge on any atom is 0.310 e. The Hall–Kier alpha value is -7.05. The van der Waals surface area contributed by atoms with Crippen LogP contribution in [-0.2, 0) is 0 Å².